The Balaban J connectivity index is 1.58. The van der Waals surface area contributed by atoms with Crippen molar-refractivity contribution >= 4 is 5.97 Å². The molecule has 128 valence electrons. The molecule has 0 saturated carbocycles. The number of benzene rings is 1. The van der Waals surface area contributed by atoms with Gasteiger partial charge in [-0.05, 0) is 37.3 Å². The second-order valence-corrected chi connectivity index (χ2v) is 5.76. The zero-order valence-electron chi connectivity index (χ0n) is 13.6. The van der Waals surface area contributed by atoms with Crippen LogP contribution in [-0.4, -0.2) is 48.9 Å². The van der Waals surface area contributed by atoms with Crippen molar-refractivity contribution in [2.45, 2.75) is 13.0 Å². The molecule has 1 fully saturated rings. The van der Waals surface area contributed by atoms with Crippen LogP contribution in [0.1, 0.15) is 27.9 Å². The Morgan fingerprint density at radius 1 is 1.38 bits per heavy atom. The highest BCUT2D eigenvalue weighted by Gasteiger charge is 2.26. The fraction of sp³-hybridized carbons (Fsp3) is 0.389. The predicted molar refractivity (Wildman–Crippen MR) is 87.5 cm³/mol. The highest BCUT2D eigenvalue weighted by Crippen LogP contribution is 2.25. The Morgan fingerprint density at radius 3 is 3.00 bits per heavy atom. The second-order valence-electron chi connectivity index (χ2n) is 5.76. The van der Waals surface area contributed by atoms with Gasteiger partial charge in [-0.3, -0.25) is 4.90 Å². The standard InChI is InChI=1S/C18H21NO5/c1-13-5-6-17(24-13)16-12-22-9-7-19(16)8-10-23-15-4-2-3-14(11-15)18(20)21/h2-6,11,16H,7-10,12H2,1H3,(H,20,21). The maximum absolute atomic E-state index is 11.0. The normalized spacial score (nSPS) is 18.5. The third kappa shape index (κ3) is 3.96. The summed E-state index contributed by atoms with van der Waals surface area (Å²) in [5.41, 5.74) is 0.225. The third-order valence-corrected chi connectivity index (χ3v) is 4.06. The molecule has 6 nitrogen and oxygen atoms in total. The van der Waals surface area contributed by atoms with E-state index >= 15 is 0 Å². The zero-order chi connectivity index (χ0) is 16.9. The van der Waals surface area contributed by atoms with Gasteiger partial charge in [-0.25, -0.2) is 4.79 Å². The number of carboxylic acid groups (broad SMARTS) is 1. The van der Waals surface area contributed by atoms with E-state index in [1.54, 1.807) is 18.2 Å². The molecule has 1 unspecified atom stereocenters. The summed E-state index contributed by atoms with van der Waals surface area (Å²) in [6, 6.07) is 10.6. The number of aromatic carboxylic acids is 1. The summed E-state index contributed by atoms with van der Waals surface area (Å²) in [4.78, 5) is 13.3. The summed E-state index contributed by atoms with van der Waals surface area (Å²) in [5.74, 6) is 1.40. The Hall–Kier alpha value is -2.31. The Morgan fingerprint density at radius 2 is 2.25 bits per heavy atom. The maximum atomic E-state index is 11.0. The molecule has 1 atom stereocenters. The molecule has 0 radical (unpaired) electrons. The van der Waals surface area contributed by atoms with Crippen LogP contribution >= 0.6 is 0 Å². The number of carboxylic acids is 1. The maximum Gasteiger partial charge on any atom is 0.335 e. The first-order valence-corrected chi connectivity index (χ1v) is 7.98. The lowest BCUT2D eigenvalue weighted by Crippen LogP contribution is -2.41. The number of carbonyl (C=O) groups is 1. The summed E-state index contributed by atoms with van der Waals surface area (Å²) < 4.78 is 17.0. The van der Waals surface area contributed by atoms with Crippen molar-refractivity contribution in [2.75, 3.05) is 32.9 Å². The SMILES string of the molecule is Cc1ccc(C2COCCN2CCOc2cccc(C(=O)O)c2)o1. The van der Waals surface area contributed by atoms with Crippen molar-refractivity contribution in [1.82, 2.24) is 4.90 Å². The summed E-state index contributed by atoms with van der Waals surface area (Å²) in [7, 11) is 0. The molecular weight excluding hydrogens is 310 g/mol. The number of ether oxygens (including phenoxy) is 2. The van der Waals surface area contributed by atoms with E-state index in [-0.39, 0.29) is 11.6 Å². The van der Waals surface area contributed by atoms with Gasteiger partial charge in [0, 0.05) is 13.1 Å². The van der Waals surface area contributed by atoms with E-state index in [1.165, 1.54) is 6.07 Å². The molecule has 1 saturated heterocycles. The minimum absolute atomic E-state index is 0.0846. The average Bonchev–Trinajstić information content (AvgIpc) is 3.02. The summed E-state index contributed by atoms with van der Waals surface area (Å²) in [5, 5.41) is 9.01. The van der Waals surface area contributed by atoms with Crippen molar-refractivity contribution in [3.05, 3.63) is 53.5 Å². The van der Waals surface area contributed by atoms with E-state index in [2.05, 4.69) is 4.90 Å². The molecule has 0 spiro atoms. The van der Waals surface area contributed by atoms with Gasteiger partial charge < -0.3 is 19.0 Å². The van der Waals surface area contributed by atoms with E-state index in [0.29, 0.717) is 32.1 Å². The van der Waals surface area contributed by atoms with Crippen LogP contribution in [0.15, 0.2) is 40.8 Å². The van der Waals surface area contributed by atoms with Gasteiger partial charge in [-0.1, -0.05) is 6.07 Å². The highest BCUT2D eigenvalue weighted by atomic mass is 16.5. The molecule has 1 N–H and O–H groups in total. The van der Waals surface area contributed by atoms with E-state index in [4.69, 9.17) is 19.0 Å². The number of nitrogens with zero attached hydrogens (tertiary/aromatic N) is 1. The van der Waals surface area contributed by atoms with Crippen LogP contribution in [0.5, 0.6) is 5.75 Å². The van der Waals surface area contributed by atoms with Crippen LogP contribution in [0.4, 0.5) is 0 Å². The smallest absolute Gasteiger partial charge is 0.335 e. The first-order chi connectivity index (χ1) is 11.6. The molecule has 1 aliphatic heterocycles. The molecule has 2 heterocycles. The molecule has 0 aliphatic carbocycles. The quantitative estimate of drug-likeness (QED) is 0.877. The van der Waals surface area contributed by atoms with Gasteiger partial charge in [0.05, 0.1) is 24.8 Å². The molecule has 0 amide bonds. The fourth-order valence-corrected chi connectivity index (χ4v) is 2.80. The predicted octanol–water partition coefficient (Wildman–Crippen LogP) is 2.74. The molecule has 1 aliphatic rings. The number of hydrogen-bond donors (Lipinski definition) is 1. The number of hydrogen-bond acceptors (Lipinski definition) is 5. The van der Waals surface area contributed by atoms with Crippen molar-refractivity contribution in [3.8, 4) is 5.75 Å². The molecule has 0 bridgehead atoms. The fourth-order valence-electron chi connectivity index (χ4n) is 2.80. The van der Waals surface area contributed by atoms with Gasteiger partial charge in [-0.15, -0.1) is 0 Å². The topological polar surface area (TPSA) is 72.1 Å². The number of rotatable bonds is 6. The molecule has 24 heavy (non-hydrogen) atoms. The lowest BCUT2D eigenvalue weighted by molar-refractivity contribution is -0.0208. The molecule has 1 aromatic carbocycles. The Labute approximate surface area is 140 Å². The number of morpholine rings is 1. The van der Waals surface area contributed by atoms with Crippen LogP contribution in [-0.2, 0) is 4.74 Å². The van der Waals surface area contributed by atoms with Gasteiger partial charge in [0.2, 0.25) is 0 Å². The minimum Gasteiger partial charge on any atom is -0.492 e. The Kier molecular flexibility index (Phi) is 5.17. The Bertz CT molecular complexity index is 696. The van der Waals surface area contributed by atoms with Gasteiger partial charge in [0.25, 0.3) is 0 Å². The molecular formula is C18H21NO5. The van der Waals surface area contributed by atoms with E-state index < -0.39 is 5.97 Å². The van der Waals surface area contributed by atoms with Crippen molar-refractivity contribution in [3.63, 3.8) is 0 Å². The highest BCUT2D eigenvalue weighted by molar-refractivity contribution is 5.87. The van der Waals surface area contributed by atoms with Crippen LogP contribution in [0, 0.1) is 6.92 Å². The van der Waals surface area contributed by atoms with E-state index in [1.807, 2.05) is 19.1 Å². The van der Waals surface area contributed by atoms with Crippen molar-refractivity contribution in [1.29, 1.82) is 0 Å². The van der Waals surface area contributed by atoms with Crippen LogP contribution < -0.4 is 4.74 Å². The summed E-state index contributed by atoms with van der Waals surface area (Å²) in [6.07, 6.45) is 0. The van der Waals surface area contributed by atoms with Crippen LogP contribution in [0.25, 0.3) is 0 Å². The third-order valence-electron chi connectivity index (χ3n) is 4.06. The first-order valence-electron chi connectivity index (χ1n) is 7.98. The van der Waals surface area contributed by atoms with Crippen molar-refractivity contribution < 1.29 is 23.8 Å². The van der Waals surface area contributed by atoms with E-state index in [0.717, 1.165) is 18.1 Å². The second kappa shape index (κ2) is 7.51. The zero-order valence-corrected chi connectivity index (χ0v) is 13.6. The lowest BCUT2D eigenvalue weighted by Gasteiger charge is -2.34. The summed E-state index contributed by atoms with van der Waals surface area (Å²) >= 11 is 0. The largest absolute Gasteiger partial charge is 0.492 e. The van der Waals surface area contributed by atoms with E-state index in [9.17, 15) is 4.79 Å². The molecule has 6 heteroatoms. The average molecular weight is 331 g/mol. The monoisotopic (exact) mass is 331 g/mol. The lowest BCUT2D eigenvalue weighted by atomic mass is 10.2. The number of furan rings is 1. The van der Waals surface area contributed by atoms with Crippen molar-refractivity contribution in [2.24, 2.45) is 0 Å². The van der Waals surface area contributed by atoms with Crippen LogP contribution in [0.3, 0.4) is 0 Å². The number of aryl methyl sites for hydroxylation is 1. The first kappa shape index (κ1) is 16.5. The minimum atomic E-state index is -0.957. The molecule has 2 aromatic rings. The molecule has 3 rings (SSSR count). The van der Waals surface area contributed by atoms with Gasteiger partial charge in [0.15, 0.2) is 0 Å². The van der Waals surface area contributed by atoms with Gasteiger partial charge in [0.1, 0.15) is 23.9 Å². The molecule has 1 aromatic heterocycles. The van der Waals surface area contributed by atoms with Gasteiger partial charge >= 0.3 is 5.97 Å². The van der Waals surface area contributed by atoms with Crippen LogP contribution in [0.2, 0.25) is 0 Å². The van der Waals surface area contributed by atoms with Gasteiger partial charge in [-0.2, -0.15) is 0 Å². The summed E-state index contributed by atoms with van der Waals surface area (Å²) in [6.45, 7) is 5.20.